The van der Waals surface area contributed by atoms with Crippen molar-refractivity contribution in [3.63, 3.8) is 0 Å². The number of fused-ring (bicyclic) bond motifs is 2. The van der Waals surface area contributed by atoms with Gasteiger partial charge in [0.1, 0.15) is 0 Å². The third-order valence-electron chi connectivity index (χ3n) is 4.63. The maximum Gasteiger partial charge on any atom is 0.254 e. The van der Waals surface area contributed by atoms with E-state index in [-0.39, 0.29) is 18.1 Å². The zero-order chi connectivity index (χ0) is 19.2. The first-order chi connectivity index (χ1) is 12.8. The predicted molar refractivity (Wildman–Crippen MR) is 100 cm³/mol. The standard InChI is InChI=1S/C20H22N4O3/c1-12-14(10-21-18-8-17(20(2,3)4)23-24(12)18)19(25)22-9-13-5-6-15-16(7-13)27-11-26-15/h5-8,10H,9,11H2,1-4H3,(H,22,25). The van der Waals surface area contributed by atoms with Crippen LogP contribution in [0.5, 0.6) is 11.5 Å². The highest BCUT2D eigenvalue weighted by atomic mass is 16.7. The van der Waals surface area contributed by atoms with Crippen LogP contribution in [-0.4, -0.2) is 27.3 Å². The van der Waals surface area contributed by atoms with Crippen LogP contribution in [0.1, 0.15) is 48.1 Å². The Morgan fingerprint density at radius 3 is 2.78 bits per heavy atom. The largest absolute Gasteiger partial charge is 0.454 e. The number of rotatable bonds is 3. The lowest BCUT2D eigenvalue weighted by Gasteiger charge is -2.13. The molecule has 7 heteroatoms. The molecule has 0 aliphatic carbocycles. The maximum absolute atomic E-state index is 12.7. The second-order valence-corrected chi connectivity index (χ2v) is 7.68. The van der Waals surface area contributed by atoms with E-state index >= 15 is 0 Å². The fourth-order valence-corrected chi connectivity index (χ4v) is 2.97. The first-order valence-corrected chi connectivity index (χ1v) is 8.85. The van der Waals surface area contributed by atoms with Crippen molar-refractivity contribution in [2.45, 2.75) is 39.7 Å². The summed E-state index contributed by atoms with van der Waals surface area (Å²) in [5.41, 5.74) is 3.81. The number of nitrogens with one attached hydrogen (secondary N) is 1. The molecule has 0 saturated carbocycles. The molecule has 0 radical (unpaired) electrons. The molecular weight excluding hydrogens is 344 g/mol. The van der Waals surface area contributed by atoms with Gasteiger partial charge in [-0.25, -0.2) is 9.50 Å². The Kier molecular flexibility index (Phi) is 4.02. The molecule has 1 N–H and O–H groups in total. The molecule has 0 fully saturated rings. The topological polar surface area (TPSA) is 77.8 Å². The van der Waals surface area contributed by atoms with Gasteiger partial charge in [-0.05, 0) is 24.6 Å². The summed E-state index contributed by atoms with van der Waals surface area (Å²) >= 11 is 0. The van der Waals surface area contributed by atoms with E-state index in [2.05, 4.69) is 36.2 Å². The van der Waals surface area contributed by atoms with Gasteiger partial charge in [0.2, 0.25) is 6.79 Å². The van der Waals surface area contributed by atoms with E-state index in [1.807, 2.05) is 31.2 Å². The SMILES string of the molecule is Cc1c(C(=O)NCc2ccc3c(c2)OCO3)cnc2cc(C(C)(C)C)nn12. The molecule has 2 aromatic heterocycles. The monoisotopic (exact) mass is 366 g/mol. The number of amides is 1. The van der Waals surface area contributed by atoms with Crippen molar-refractivity contribution in [1.29, 1.82) is 0 Å². The van der Waals surface area contributed by atoms with Crippen LogP contribution in [0.25, 0.3) is 5.65 Å². The highest BCUT2D eigenvalue weighted by molar-refractivity contribution is 5.95. The Balaban J connectivity index is 1.54. The minimum atomic E-state index is -0.188. The fraction of sp³-hybridized carbons (Fsp3) is 0.350. The third kappa shape index (κ3) is 3.20. The molecule has 140 valence electrons. The van der Waals surface area contributed by atoms with E-state index in [9.17, 15) is 4.79 Å². The summed E-state index contributed by atoms with van der Waals surface area (Å²) < 4.78 is 12.4. The average molecular weight is 366 g/mol. The molecule has 0 spiro atoms. The molecule has 1 aromatic carbocycles. The molecular formula is C20H22N4O3. The Morgan fingerprint density at radius 2 is 2.00 bits per heavy atom. The molecule has 27 heavy (non-hydrogen) atoms. The highest BCUT2D eigenvalue weighted by Gasteiger charge is 2.21. The molecule has 0 saturated heterocycles. The van der Waals surface area contributed by atoms with Crippen LogP contribution >= 0.6 is 0 Å². The molecule has 3 aromatic rings. The first kappa shape index (κ1) is 17.3. The summed E-state index contributed by atoms with van der Waals surface area (Å²) in [6, 6.07) is 7.59. The number of carbonyl (C=O) groups excluding carboxylic acids is 1. The fourth-order valence-electron chi connectivity index (χ4n) is 2.97. The Bertz CT molecular complexity index is 1030. The van der Waals surface area contributed by atoms with E-state index in [0.717, 1.165) is 28.3 Å². The third-order valence-corrected chi connectivity index (χ3v) is 4.63. The van der Waals surface area contributed by atoms with Gasteiger partial charge in [-0.1, -0.05) is 26.8 Å². The first-order valence-electron chi connectivity index (χ1n) is 8.85. The van der Waals surface area contributed by atoms with Crippen LogP contribution < -0.4 is 14.8 Å². The summed E-state index contributed by atoms with van der Waals surface area (Å²) in [6.45, 7) is 8.80. The molecule has 1 aliphatic heterocycles. The van der Waals surface area contributed by atoms with Crippen LogP contribution in [0.15, 0.2) is 30.5 Å². The number of hydrogen-bond donors (Lipinski definition) is 1. The average Bonchev–Trinajstić information content (AvgIpc) is 3.26. The van der Waals surface area contributed by atoms with Crippen LogP contribution in [0.4, 0.5) is 0 Å². The lowest BCUT2D eigenvalue weighted by atomic mass is 9.93. The lowest BCUT2D eigenvalue weighted by Crippen LogP contribution is -2.24. The quantitative estimate of drug-likeness (QED) is 0.771. The molecule has 4 rings (SSSR count). The van der Waals surface area contributed by atoms with Crippen LogP contribution in [-0.2, 0) is 12.0 Å². The van der Waals surface area contributed by atoms with Gasteiger partial charge in [0, 0.05) is 24.2 Å². The minimum Gasteiger partial charge on any atom is -0.454 e. The Hall–Kier alpha value is -3.09. The summed E-state index contributed by atoms with van der Waals surface area (Å²) in [4.78, 5) is 17.1. The van der Waals surface area contributed by atoms with Gasteiger partial charge in [0.05, 0.1) is 17.0 Å². The Morgan fingerprint density at radius 1 is 1.22 bits per heavy atom. The van der Waals surface area contributed by atoms with Gasteiger partial charge >= 0.3 is 0 Å². The number of aryl methyl sites for hydroxylation is 1. The molecule has 7 nitrogen and oxygen atoms in total. The van der Waals surface area contributed by atoms with Gasteiger partial charge in [-0.3, -0.25) is 4.79 Å². The second kappa shape index (κ2) is 6.26. The van der Waals surface area contributed by atoms with Gasteiger partial charge in [0.25, 0.3) is 5.91 Å². The Labute approximate surface area is 157 Å². The summed E-state index contributed by atoms with van der Waals surface area (Å²) in [5.74, 6) is 1.24. The minimum absolute atomic E-state index is 0.0814. The summed E-state index contributed by atoms with van der Waals surface area (Å²) in [7, 11) is 0. The van der Waals surface area contributed by atoms with Crippen LogP contribution in [0, 0.1) is 6.92 Å². The molecule has 1 aliphatic rings. The van der Waals surface area contributed by atoms with Gasteiger partial charge in [-0.15, -0.1) is 0 Å². The normalized spacial score (nSPS) is 13.2. The van der Waals surface area contributed by atoms with Gasteiger partial charge < -0.3 is 14.8 Å². The van der Waals surface area contributed by atoms with Crippen molar-refractivity contribution in [3.8, 4) is 11.5 Å². The number of ether oxygens (including phenoxy) is 2. The number of benzene rings is 1. The van der Waals surface area contributed by atoms with Crippen molar-refractivity contribution in [2.75, 3.05) is 6.79 Å². The smallest absolute Gasteiger partial charge is 0.254 e. The molecule has 0 bridgehead atoms. The number of hydrogen-bond acceptors (Lipinski definition) is 5. The van der Waals surface area contributed by atoms with Crippen molar-refractivity contribution in [3.05, 3.63) is 53.0 Å². The van der Waals surface area contributed by atoms with Crippen molar-refractivity contribution in [2.24, 2.45) is 0 Å². The number of aromatic nitrogens is 3. The maximum atomic E-state index is 12.7. The zero-order valence-corrected chi connectivity index (χ0v) is 15.9. The molecule has 3 heterocycles. The molecule has 0 unspecified atom stereocenters. The van der Waals surface area contributed by atoms with E-state index in [1.54, 1.807) is 10.7 Å². The zero-order valence-electron chi connectivity index (χ0n) is 15.9. The predicted octanol–water partition coefficient (Wildman–Crippen LogP) is 2.99. The van der Waals surface area contributed by atoms with Crippen LogP contribution in [0.2, 0.25) is 0 Å². The van der Waals surface area contributed by atoms with E-state index in [4.69, 9.17) is 9.47 Å². The van der Waals surface area contributed by atoms with E-state index in [1.165, 1.54) is 0 Å². The van der Waals surface area contributed by atoms with Crippen LogP contribution in [0.3, 0.4) is 0 Å². The number of nitrogens with zero attached hydrogens (tertiary/aromatic N) is 3. The second-order valence-electron chi connectivity index (χ2n) is 7.68. The van der Waals surface area contributed by atoms with Crippen molar-refractivity contribution >= 4 is 11.6 Å². The van der Waals surface area contributed by atoms with E-state index < -0.39 is 0 Å². The molecule has 1 amide bonds. The van der Waals surface area contributed by atoms with Gasteiger partial charge in [-0.2, -0.15) is 5.10 Å². The number of carbonyl (C=O) groups is 1. The van der Waals surface area contributed by atoms with E-state index in [0.29, 0.717) is 17.9 Å². The highest BCUT2D eigenvalue weighted by Crippen LogP contribution is 2.32. The van der Waals surface area contributed by atoms with Crippen molar-refractivity contribution < 1.29 is 14.3 Å². The molecule has 0 atom stereocenters. The van der Waals surface area contributed by atoms with Crippen molar-refractivity contribution in [1.82, 2.24) is 19.9 Å². The summed E-state index contributed by atoms with van der Waals surface area (Å²) in [6.07, 6.45) is 1.60. The lowest BCUT2D eigenvalue weighted by molar-refractivity contribution is 0.0949. The van der Waals surface area contributed by atoms with Gasteiger partial charge in [0.15, 0.2) is 17.1 Å². The summed E-state index contributed by atoms with van der Waals surface area (Å²) in [5, 5.41) is 7.56.